The predicted octanol–water partition coefficient (Wildman–Crippen LogP) is 2.22. The zero-order chi connectivity index (χ0) is 16.9. The number of methoxy groups -OCH3 is 1. The Hall–Kier alpha value is -2.38. The molecule has 2 N–H and O–H groups in total. The van der Waals surface area contributed by atoms with Crippen LogP contribution in [0.2, 0.25) is 0 Å². The molecule has 0 bridgehead atoms. The van der Waals surface area contributed by atoms with Crippen LogP contribution >= 0.6 is 11.6 Å². The number of rotatable bonds is 7. The number of halogens is 1. The van der Waals surface area contributed by atoms with E-state index in [2.05, 4.69) is 21.0 Å². The monoisotopic (exact) mass is 347 g/mol. The predicted molar refractivity (Wildman–Crippen MR) is 92.2 cm³/mol. The van der Waals surface area contributed by atoms with Crippen LogP contribution in [0.15, 0.2) is 30.6 Å². The maximum atomic E-state index is 5.89. The minimum Gasteiger partial charge on any atom is -0.474 e. The van der Waals surface area contributed by atoms with Crippen molar-refractivity contribution in [3.05, 3.63) is 41.7 Å². The molecule has 0 spiro atoms. The number of nitrogen functional groups attached to an aromatic ring is 1. The van der Waals surface area contributed by atoms with Crippen LogP contribution in [0.3, 0.4) is 0 Å². The van der Waals surface area contributed by atoms with Crippen molar-refractivity contribution in [2.75, 3.05) is 26.1 Å². The molecule has 2 heterocycles. The second-order valence-corrected chi connectivity index (χ2v) is 5.49. The highest BCUT2D eigenvalue weighted by Gasteiger charge is 2.14. The van der Waals surface area contributed by atoms with Crippen LogP contribution in [0.1, 0.15) is 11.1 Å². The van der Waals surface area contributed by atoms with Crippen molar-refractivity contribution in [2.45, 2.75) is 12.4 Å². The molecular formula is C16H18ClN5O2. The lowest BCUT2D eigenvalue weighted by Gasteiger charge is -2.08. The minimum absolute atomic E-state index is 0.145. The third kappa shape index (κ3) is 3.58. The van der Waals surface area contributed by atoms with E-state index in [1.807, 2.05) is 22.8 Å². The maximum Gasteiger partial charge on any atom is 0.247 e. The van der Waals surface area contributed by atoms with E-state index in [0.717, 1.165) is 11.1 Å². The van der Waals surface area contributed by atoms with Crippen LogP contribution in [0.25, 0.3) is 11.2 Å². The molecule has 3 aromatic rings. The zero-order valence-corrected chi connectivity index (χ0v) is 14.0. The highest BCUT2D eigenvalue weighted by atomic mass is 35.5. The van der Waals surface area contributed by atoms with Crippen LogP contribution in [0, 0.1) is 0 Å². The molecule has 0 aliphatic heterocycles. The van der Waals surface area contributed by atoms with E-state index >= 15 is 0 Å². The quantitative estimate of drug-likeness (QED) is 0.521. The molecule has 1 aromatic carbocycles. The van der Waals surface area contributed by atoms with Gasteiger partial charge < -0.3 is 19.8 Å². The normalized spacial score (nSPS) is 11.1. The van der Waals surface area contributed by atoms with E-state index in [4.69, 9.17) is 26.8 Å². The van der Waals surface area contributed by atoms with Crippen molar-refractivity contribution in [1.29, 1.82) is 0 Å². The molecular weight excluding hydrogens is 330 g/mol. The average molecular weight is 348 g/mol. The van der Waals surface area contributed by atoms with E-state index in [1.54, 1.807) is 13.4 Å². The fourth-order valence-corrected chi connectivity index (χ4v) is 2.55. The van der Waals surface area contributed by atoms with Gasteiger partial charge in [0.05, 0.1) is 19.5 Å². The lowest BCUT2D eigenvalue weighted by Crippen LogP contribution is -2.08. The van der Waals surface area contributed by atoms with Gasteiger partial charge in [-0.25, -0.2) is 4.98 Å². The summed E-state index contributed by atoms with van der Waals surface area (Å²) in [6.07, 6.45) is 1.70. The van der Waals surface area contributed by atoms with Gasteiger partial charge in [-0.15, -0.1) is 11.6 Å². The summed E-state index contributed by atoms with van der Waals surface area (Å²) in [5.74, 6) is 0.986. The van der Waals surface area contributed by atoms with Crippen LogP contribution < -0.4 is 10.5 Å². The molecule has 0 saturated carbocycles. The first-order chi connectivity index (χ1) is 11.7. The number of aromatic nitrogens is 4. The molecule has 0 saturated heterocycles. The Labute approximate surface area is 144 Å². The van der Waals surface area contributed by atoms with E-state index in [1.165, 1.54) is 0 Å². The Morgan fingerprint density at radius 1 is 1.21 bits per heavy atom. The van der Waals surface area contributed by atoms with E-state index in [-0.39, 0.29) is 5.95 Å². The molecule has 3 rings (SSSR count). The second-order valence-electron chi connectivity index (χ2n) is 5.23. The van der Waals surface area contributed by atoms with Gasteiger partial charge in [0.15, 0.2) is 11.2 Å². The zero-order valence-electron chi connectivity index (χ0n) is 13.3. The van der Waals surface area contributed by atoms with Crippen LogP contribution in [0.4, 0.5) is 5.95 Å². The van der Waals surface area contributed by atoms with Gasteiger partial charge in [-0.1, -0.05) is 24.3 Å². The first-order valence-corrected chi connectivity index (χ1v) is 7.98. The number of nitrogens with two attached hydrogens (primary N) is 1. The van der Waals surface area contributed by atoms with Gasteiger partial charge in [0.1, 0.15) is 6.61 Å². The van der Waals surface area contributed by atoms with Gasteiger partial charge in [-0.2, -0.15) is 9.97 Å². The molecule has 0 aliphatic rings. The van der Waals surface area contributed by atoms with Gasteiger partial charge in [-0.05, 0) is 11.1 Å². The summed E-state index contributed by atoms with van der Waals surface area (Å²) in [5, 5.41) is 0. The number of alkyl halides is 1. The Morgan fingerprint density at radius 3 is 2.83 bits per heavy atom. The minimum atomic E-state index is 0.145. The molecule has 0 atom stereocenters. The van der Waals surface area contributed by atoms with E-state index in [0.29, 0.717) is 42.7 Å². The Morgan fingerprint density at radius 2 is 2.04 bits per heavy atom. The third-order valence-electron chi connectivity index (χ3n) is 3.47. The summed E-state index contributed by atoms with van der Waals surface area (Å²) in [4.78, 5) is 12.8. The van der Waals surface area contributed by atoms with Crippen molar-refractivity contribution >= 4 is 28.7 Å². The van der Waals surface area contributed by atoms with Crippen LogP contribution in [-0.2, 0) is 17.2 Å². The number of ether oxygens (including phenoxy) is 2. The number of anilines is 1. The summed E-state index contributed by atoms with van der Waals surface area (Å²) < 4.78 is 12.5. The number of benzene rings is 1. The van der Waals surface area contributed by atoms with Crippen molar-refractivity contribution in [3.8, 4) is 5.88 Å². The Kier molecular flexibility index (Phi) is 5.12. The molecule has 0 aliphatic carbocycles. The molecule has 8 heteroatoms. The molecule has 126 valence electrons. The summed E-state index contributed by atoms with van der Waals surface area (Å²) in [7, 11) is 1.61. The molecule has 0 unspecified atom stereocenters. The van der Waals surface area contributed by atoms with Crippen molar-refractivity contribution in [1.82, 2.24) is 19.5 Å². The third-order valence-corrected chi connectivity index (χ3v) is 3.78. The number of hydrogen-bond acceptors (Lipinski definition) is 6. The number of fused-ring (bicyclic) bond motifs is 1. The largest absolute Gasteiger partial charge is 0.474 e. The Bertz CT molecular complexity index is 836. The summed E-state index contributed by atoms with van der Waals surface area (Å²) in [6, 6.07) is 8.06. The summed E-state index contributed by atoms with van der Waals surface area (Å²) in [6.45, 7) is 1.43. The first kappa shape index (κ1) is 16.5. The fraction of sp³-hybridized carbons (Fsp3) is 0.312. The standard InChI is InChI=1S/C16H18ClN5O2/c1-23-5-6-24-15-13-14(20-16(18)21-15)22(10-19-13)9-12-4-2-3-11(7-12)8-17/h2-4,7,10H,5-6,8-9H2,1H3,(H2,18,20,21). The van der Waals surface area contributed by atoms with E-state index in [9.17, 15) is 0 Å². The van der Waals surface area contributed by atoms with E-state index < -0.39 is 0 Å². The first-order valence-electron chi connectivity index (χ1n) is 7.45. The van der Waals surface area contributed by atoms with Crippen molar-refractivity contribution < 1.29 is 9.47 Å². The van der Waals surface area contributed by atoms with Crippen LogP contribution in [0.5, 0.6) is 5.88 Å². The summed E-state index contributed by atoms with van der Waals surface area (Å²) in [5.41, 5.74) is 9.18. The van der Waals surface area contributed by atoms with Gasteiger partial charge in [0.2, 0.25) is 11.8 Å². The van der Waals surface area contributed by atoms with Gasteiger partial charge in [0.25, 0.3) is 0 Å². The average Bonchev–Trinajstić information content (AvgIpc) is 2.98. The highest BCUT2D eigenvalue weighted by Crippen LogP contribution is 2.22. The lowest BCUT2D eigenvalue weighted by atomic mass is 10.1. The van der Waals surface area contributed by atoms with Crippen molar-refractivity contribution in [3.63, 3.8) is 0 Å². The highest BCUT2D eigenvalue weighted by molar-refractivity contribution is 6.17. The lowest BCUT2D eigenvalue weighted by molar-refractivity contribution is 0.144. The molecule has 0 radical (unpaired) electrons. The summed E-state index contributed by atoms with van der Waals surface area (Å²) >= 11 is 5.89. The van der Waals surface area contributed by atoms with Gasteiger partial charge >= 0.3 is 0 Å². The number of nitrogens with zero attached hydrogens (tertiary/aromatic N) is 4. The number of imidazole rings is 1. The molecule has 2 aromatic heterocycles. The molecule has 7 nitrogen and oxygen atoms in total. The van der Waals surface area contributed by atoms with Crippen LogP contribution in [-0.4, -0.2) is 39.8 Å². The smallest absolute Gasteiger partial charge is 0.247 e. The Balaban J connectivity index is 1.91. The van der Waals surface area contributed by atoms with Gasteiger partial charge in [0, 0.05) is 13.0 Å². The van der Waals surface area contributed by atoms with Gasteiger partial charge in [-0.3, -0.25) is 0 Å². The fourth-order valence-electron chi connectivity index (χ4n) is 2.38. The SMILES string of the molecule is COCCOc1nc(N)nc2c1ncn2Cc1cccc(CCl)c1. The second kappa shape index (κ2) is 7.46. The van der Waals surface area contributed by atoms with Crippen molar-refractivity contribution in [2.24, 2.45) is 0 Å². The topological polar surface area (TPSA) is 88.1 Å². The maximum absolute atomic E-state index is 5.89. The number of hydrogen-bond donors (Lipinski definition) is 1. The molecule has 0 fully saturated rings. The molecule has 24 heavy (non-hydrogen) atoms. The molecule has 0 amide bonds.